The van der Waals surface area contributed by atoms with Crippen molar-refractivity contribution in [2.24, 2.45) is 0 Å². The lowest BCUT2D eigenvalue weighted by molar-refractivity contribution is 0.101. The van der Waals surface area contributed by atoms with Gasteiger partial charge < -0.3 is 9.47 Å². The lowest BCUT2D eigenvalue weighted by Gasteiger charge is -2.24. The van der Waals surface area contributed by atoms with Crippen LogP contribution in [0.3, 0.4) is 0 Å². The van der Waals surface area contributed by atoms with Crippen molar-refractivity contribution >= 4 is 17.5 Å². The molecule has 2 rings (SSSR count). The molecule has 98 valence electrons. The van der Waals surface area contributed by atoms with Crippen LogP contribution in [0, 0.1) is 0 Å². The van der Waals surface area contributed by atoms with Gasteiger partial charge in [-0.25, -0.2) is 0 Å². The van der Waals surface area contributed by atoms with E-state index in [1.807, 2.05) is 23.9 Å². The van der Waals surface area contributed by atoms with Gasteiger partial charge in [0.15, 0.2) is 17.3 Å². The first-order valence-electron chi connectivity index (χ1n) is 6.14. The summed E-state index contributed by atoms with van der Waals surface area (Å²) in [4.78, 5) is 11.5. The summed E-state index contributed by atoms with van der Waals surface area (Å²) < 4.78 is 11.3. The van der Waals surface area contributed by atoms with Crippen molar-refractivity contribution in [2.75, 3.05) is 18.6 Å². The van der Waals surface area contributed by atoms with Gasteiger partial charge >= 0.3 is 0 Å². The Hall–Kier alpha value is -1.16. The zero-order valence-electron chi connectivity index (χ0n) is 10.8. The maximum Gasteiger partial charge on any atom is 0.171 e. The quantitative estimate of drug-likeness (QED) is 0.784. The lowest BCUT2D eigenvalue weighted by Crippen LogP contribution is -2.22. The predicted molar refractivity (Wildman–Crippen MR) is 74.0 cm³/mol. The second kappa shape index (κ2) is 6.14. The molecule has 3 nitrogen and oxygen atoms in total. The van der Waals surface area contributed by atoms with Crippen LogP contribution in [-0.4, -0.2) is 30.5 Å². The van der Waals surface area contributed by atoms with E-state index < -0.39 is 0 Å². The Morgan fingerprint density at radius 3 is 2.67 bits per heavy atom. The lowest BCUT2D eigenvalue weighted by atomic mass is 10.1. The number of methoxy groups -OCH3 is 1. The Labute approximate surface area is 112 Å². The van der Waals surface area contributed by atoms with E-state index in [0.29, 0.717) is 17.1 Å². The van der Waals surface area contributed by atoms with E-state index in [0.717, 1.165) is 24.3 Å². The van der Waals surface area contributed by atoms with E-state index in [9.17, 15) is 4.79 Å². The van der Waals surface area contributed by atoms with Gasteiger partial charge in [-0.3, -0.25) is 4.79 Å². The third-order valence-electron chi connectivity index (χ3n) is 3.02. The van der Waals surface area contributed by atoms with Crippen molar-refractivity contribution in [3.63, 3.8) is 0 Å². The number of carbonyl (C=O) groups is 1. The summed E-state index contributed by atoms with van der Waals surface area (Å²) in [6.45, 7) is 1.54. The fourth-order valence-corrected chi connectivity index (χ4v) is 3.13. The molecule has 0 saturated carbocycles. The highest BCUT2D eigenvalue weighted by atomic mass is 32.2. The highest BCUT2D eigenvalue weighted by Gasteiger charge is 2.19. The average molecular weight is 266 g/mol. The van der Waals surface area contributed by atoms with Crippen LogP contribution >= 0.6 is 11.8 Å². The number of Topliss-reactive ketones (excluding diaryl/α,β-unsaturated/α-hetero) is 1. The van der Waals surface area contributed by atoms with Crippen molar-refractivity contribution in [2.45, 2.75) is 25.9 Å². The molecule has 0 radical (unpaired) electrons. The van der Waals surface area contributed by atoms with Gasteiger partial charge in [0.25, 0.3) is 0 Å². The number of rotatable bonds is 4. The van der Waals surface area contributed by atoms with Crippen molar-refractivity contribution in [3.05, 3.63) is 23.8 Å². The SMILES string of the molecule is COc1c(OC2CCSCC2)cccc1C(C)=O. The third-order valence-corrected chi connectivity index (χ3v) is 4.07. The minimum Gasteiger partial charge on any atom is -0.492 e. The molecule has 1 aliphatic rings. The first-order valence-corrected chi connectivity index (χ1v) is 7.30. The summed E-state index contributed by atoms with van der Waals surface area (Å²) in [6.07, 6.45) is 2.35. The largest absolute Gasteiger partial charge is 0.492 e. The zero-order chi connectivity index (χ0) is 13.0. The standard InChI is InChI=1S/C14H18O3S/c1-10(15)12-4-3-5-13(14(12)16-2)17-11-6-8-18-9-7-11/h3-5,11H,6-9H2,1-2H3. The molecule has 0 bridgehead atoms. The van der Waals surface area contributed by atoms with Crippen LogP contribution in [0.25, 0.3) is 0 Å². The molecule has 0 atom stereocenters. The second-order valence-corrected chi connectivity index (χ2v) is 5.55. The molecule has 4 heteroatoms. The van der Waals surface area contributed by atoms with Crippen molar-refractivity contribution in [1.29, 1.82) is 0 Å². The van der Waals surface area contributed by atoms with Crippen molar-refractivity contribution in [1.82, 2.24) is 0 Å². The Balaban J connectivity index is 2.20. The Morgan fingerprint density at radius 2 is 2.06 bits per heavy atom. The fraction of sp³-hybridized carbons (Fsp3) is 0.500. The first-order chi connectivity index (χ1) is 8.72. The molecule has 1 fully saturated rings. The maximum atomic E-state index is 11.5. The minimum absolute atomic E-state index is 0.00324. The normalized spacial score (nSPS) is 16.3. The first kappa shape index (κ1) is 13.3. The topological polar surface area (TPSA) is 35.5 Å². The molecule has 0 aromatic heterocycles. The summed E-state index contributed by atoms with van der Waals surface area (Å²) in [7, 11) is 1.57. The van der Waals surface area contributed by atoms with Crippen LogP contribution in [0.1, 0.15) is 30.1 Å². The molecular formula is C14H18O3S. The van der Waals surface area contributed by atoms with E-state index >= 15 is 0 Å². The second-order valence-electron chi connectivity index (χ2n) is 4.32. The van der Waals surface area contributed by atoms with Crippen molar-refractivity contribution < 1.29 is 14.3 Å². The van der Waals surface area contributed by atoms with E-state index in [-0.39, 0.29) is 11.9 Å². The van der Waals surface area contributed by atoms with Crippen LogP contribution in [0.4, 0.5) is 0 Å². The molecule has 1 heterocycles. The highest BCUT2D eigenvalue weighted by molar-refractivity contribution is 7.99. The molecule has 1 aliphatic heterocycles. The molecule has 0 N–H and O–H groups in total. The van der Waals surface area contributed by atoms with Crippen LogP contribution in [0.2, 0.25) is 0 Å². The number of para-hydroxylation sites is 1. The van der Waals surface area contributed by atoms with Gasteiger partial charge in [-0.05, 0) is 43.4 Å². The van der Waals surface area contributed by atoms with Crippen molar-refractivity contribution in [3.8, 4) is 11.5 Å². The molecule has 1 aromatic carbocycles. The number of ketones is 1. The van der Waals surface area contributed by atoms with Gasteiger partial charge in [0.05, 0.1) is 12.7 Å². The molecule has 0 unspecified atom stereocenters. The number of hydrogen-bond acceptors (Lipinski definition) is 4. The van der Waals surface area contributed by atoms with E-state index in [1.54, 1.807) is 20.1 Å². The van der Waals surface area contributed by atoms with E-state index in [1.165, 1.54) is 0 Å². The molecule has 1 aromatic rings. The molecule has 18 heavy (non-hydrogen) atoms. The smallest absolute Gasteiger partial charge is 0.171 e. The number of ether oxygens (including phenoxy) is 2. The van der Waals surface area contributed by atoms with Crippen LogP contribution in [0.15, 0.2) is 18.2 Å². The fourth-order valence-electron chi connectivity index (χ4n) is 2.07. The number of thioether (sulfide) groups is 1. The number of benzene rings is 1. The zero-order valence-corrected chi connectivity index (χ0v) is 11.6. The van der Waals surface area contributed by atoms with Gasteiger partial charge in [-0.2, -0.15) is 11.8 Å². The Bertz CT molecular complexity index is 425. The summed E-state index contributed by atoms with van der Waals surface area (Å²) in [5.74, 6) is 3.51. The van der Waals surface area contributed by atoms with Crippen LogP contribution < -0.4 is 9.47 Å². The van der Waals surface area contributed by atoms with Gasteiger partial charge in [0.1, 0.15) is 6.10 Å². The minimum atomic E-state index is -0.00324. The molecule has 0 amide bonds. The third kappa shape index (κ3) is 2.99. The van der Waals surface area contributed by atoms with E-state index in [2.05, 4.69) is 0 Å². The Kier molecular flexibility index (Phi) is 4.53. The molecule has 0 aliphatic carbocycles. The van der Waals surface area contributed by atoms with Gasteiger partial charge in [0, 0.05) is 0 Å². The van der Waals surface area contributed by atoms with Gasteiger partial charge in [-0.1, -0.05) is 6.07 Å². The maximum absolute atomic E-state index is 11.5. The van der Waals surface area contributed by atoms with Gasteiger partial charge in [0.2, 0.25) is 0 Å². The summed E-state index contributed by atoms with van der Waals surface area (Å²) in [5.41, 5.74) is 0.584. The molecule has 0 spiro atoms. The Morgan fingerprint density at radius 1 is 1.33 bits per heavy atom. The molecule has 1 saturated heterocycles. The van der Waals surface area contributed by atoms with Gasteiger partial charge in [-0.15, -0.1) is 0 Å². The molecular weight excluding hydrogens is 248 g/mol. The van der Waals surface area contributed by atoms with Crippen LogP contribution in [-0.2, 0) is 0 Å². The van der Waals surface area contributed by atoms with Crippen LogP contribution in [0.5, 0.6) is 11.5 Å². The summed E-state index contributed by atoms with van der Waals surface area (Å²) >= 11 is 1.96. The predicted octanol–water partition coefficient (Wildman–Crippen LogP) is 3.17. The van der Waals surface area contributed by atoms with E-state index in [4.69, 9.17) is 9.47 Å². The number of carbonyl (C=O) groups excluding carboxylic acids is 1. The highest BCUT2D eigenvalue weighted by Crippen LogP contribution is 2.33. The summed E-state index contributed by atoms with van der Waals surface area (Å²) in [5, 5.41) is 0. The summed E-state index contributed by atoms with van der Waals surface area (Å²) in [6, 6.07) is 5.48. The number of hydrogen-bond donors (Lipinski definition) is 0. The average Bonchev–Trinajstić information content (AvgIpc) is 2.39. The monoisotopic (exact) mass is 266 g/mol.